The van der Waals surface area contributed by atoms with Gasteiger partial charge in [-0.25, -0.2) is 4.39 Å². The molecule has 20 heavy (non-hydrogen) atoms. The van der Waals surface area contributed by atoms with Gasteiger partial charge in [-0.05, 0) is 54.3 Å². The summed E-state index contributed by atoms with van der Waals surface area (Å²) in [5, 5.41) is 0. The highest BCUT2D eigenvalue weighted by atomic mass is 79.9. The van der Waals surface area contributed by atoms with Crippen molar-refractivity contribution >= 4 is 21.7 Å². The molecule has 0 heterocycles. The van der Waals surface area contributed by atoms with Crippen LogP contribution in [0.25, 0.3) is 0 Å². The van der Waals surface area contributed by atoms with E-state index >= 15 is 0 Å². The van der Waals surface area contributed by atoms with Crippen molar-refractivity contribution in [2.24, 2.45) is 0 Å². The van der Waals surface area contributed by atoms with Crippen LogP contribution < -0.4 is 0 Å². The third-order valence-electron chi connectivity index (χ3n) is 3.30. The molecule has 1 nitrogen and oxygen atoms in total. The molecule has 0 atom stereocenters. The number of carbonyl (C=O) groups is 1. The van der Waals surface area contributed by atoms with E-state index in [4.69, 9.17) is 0 Å². The molecule has 3 heteroatoms. The second-order valence-corrected chi connectivity index (χ2v) is 6.00. The third kappa shape index (κ3) is 4.01. The summed E-state index contributed by atoms with van der Waals surface area (Å²) < 4.78 is 13.9. The first kappa shape index (κ1) is 14.9. The molecule has 0 saturated carbocycles. The molecule has 0 fully saturated rings. The van der Waals surface area contributed by atoms with Crippen molar-refractivity contribution in [3.8, 4) is 0 Å². The predicted octanol–water partition coefficient (Wildman–Crippen LogP) is 4.56. The number of carbonyl (C=O) groups excluding carboxylic acids is 1. The second-order valence-electron chi connectivity index (χ2n) is 5.09. The molecule has 0 aliphatic carbocycles. The van der Waals surface area contributed by atoms with E-state index < -0.39 is 0 Å². The average Bonchev–Trinajstić information content (AvgIpc) is 2.32. The van der Waals surface area contributed by atoms with Crippen molar-refractivity contribution in [3.63, 3.8) is 0 Å². The lowest BCUT2D eigenvalue weighted by Crippen LogP contribution is -2.07. The van der Waals surface area contributed by atoms with E-state index in [2.05, 4.69) is 15.9 Å². The lowest BCUT2D eigenvalue weighted by atomic mass is 9.99. The Kier molecular flexibility index (Phi) is 4.71. The number of hydrogen-bond acceptors (Lipinski definition) is 1. The summed E-state index contributed by atoms with van der Waals surface area (Å²) in [7, 11) is 0. The molecule has 0 spiro atoms. The topological polar surface area (TPSA) is 17.1 Å². The van der Waals surface area contributed by atoms with E-state index in [9.17, 15) is 9.18 Å². The molecule has 0 aromatic heterocycles. The fourth-order valence-corrected chi connectivity index (χ4v) is 2.66. The van der Waals surface area contributed by atoms with Crippen LogP contribution >= 0.6 is 15.9 Å². The van der Waals surface area contributed by atoms with Crippen molar-refractivity contribution in [3.05, 3.63) is 68.9 Å². The maximum absolute atomic E-state index is 13.3. The summed E-state index contributed by atoms with van der Waals surface area (Å²) in [6, 6.07) is 10.6. The Bertz CT molecular complexity index is 629. The highest BCUT2D eigenvalue weighted by Crippen LogP contribution is 2.16. The van der Waals surface area contributed by atoms with E-state index in [0.717, 1.165) is 5.56 Å². The van der Waals surface area contributed by atoms with E-state index in [0.29, 0.717) is 16.5 Å². The van der Waals surface area contributed by atoms with Crippen LogP contribution in [0.1, 0.15) is 22.3 Å². The summed E-state index contributed by atoms with van der Waals surface area (Å²) in [5.74, 6) is -0.237. The fourth-order valence-electron chi connectivity index (χ4n) is 2.14. The third-order valence-corrected chi connectivity index (χ3v) is 3.75. The minimum absolute atomic E-state index is 0.0887. The SMILES string of the molecule is Cc1ccc(CC(=O)Cc2cc(F)cc(Br)c2)cc1C. The van der Waals surface area contributed by atoms with Crippen LogP contribution in [0.4, 0.5) is 4.39 Å². The molecule has 0 N–H and O–H groups in total. The summed E-state index contributed by atoms with van der Waals surface area (Å²) in [5.41, 5.74) is 4.11. The van der Waals surface area contributed by atoms with Crippen LogP contribution in [-0.2, 0) is 17.6 Å². The highest BCUT2D eigenvalue weighted by molar-refractivity contribution is 9.10. The number of aryl methyl sites for hydroxylation is 2. The van der Waals surface area contributed by atoms with Crippen LogP contribution in [0.5, 0.6) is 0 Å². The molecule has 0 aliphatic heterocycles. The zero-order valence-corrected chi connectivity index (χ0v) is 13.1. The smallest absolute Gasteiger partial charge is 0.141 e. The molecule has 0 bridgehead atoms. The van der Waals surface area contributed by atoms with Gasteiger partial charge < -0.3 is 0 Å². The first-order valence-electron chi connectivity index (χ1n) is 6.47. The Hall–Kier alpha value is -1.48. The van der Waals surface area contributed by atoms with E-state index in [-0.39, 0.29) is 18.0 Å². The lowest BCUT2D eigenvalue weighted by Gasteiger charge is -2.06. The second kappa shape index (κ2) is 6.31. The van der Waals surface area contributed by atoms with Crippen molar-refractivity contribution in [2.75, 3.05) is 0 Å². The largest absolute Gasteiger partial charge is 0.299 e. The Balaban J connectivity index is 2.06. The monoisotopic (exact) mass is 334 g/mol. The van der Waals surface area contributed by atoms with Gasteiger partial charge in [-0.15, -0.1) is 0 Å². The van der Waals surface area contributed by atoms with Gasteiger partial charge in [0.1, 0.15) is 11.6 Å². The van der Waals surface area contributed by atoms with E-state index in [1.807, 2.05) is 32.0 Å². The number of halogens is 2. The molecule has 0 aliphatic rings. The fraction of sp³-hybridized carbons (Fsp3) is 0.235. The number of rotatable bonds is 4. The molecule has 0 radical (unpaired) electrons. The van der Waals surface area contributed by atoms with Crippen molar-refractivity contribution in [1.82, 2.24) is 0 Å². The standard InChI is InChI=1S/C17H16BrFO/c1-11-3-4-13(5-12(11)2)8-17(20)9-14-6-15(18)10-16(19)7-14/h3-7,10H,8-9H2,1-2H3. The molecular formula is C17H16BrFO. The van der Waals surface area contributed by atoms with Crippen molar-refractivity contribution in [2.45, 2.75) is 26.7 Å². The molecule has 2 aromatic carbocycles. The minimum Gasteiger partial charge on any atom is -0.299 e. The first-order chi connectivity index (χ1) is 9.44. The van der Waals surface area contributed by atoms with E-state index in [1.165, 1.54) is 23.3 Å². The molecule has 0 saturated heterocycles. The first-order valence-corrected chi connectivity index (χ1v) is 7.26. The van der Waals surface area contributed by atoms with Crippen molar-refractivity contribution < 1.29 is 9.18 Å². The van der Waals surface area contributed by atoms with Crippen LogP contribution in [0.2, 0.25) is 0 Å². The summed E-state index contributed by atoms with van der Waals surface area (Å²) in [6.07, 6.45) is 0.637. The van der Waals surface area contributed by atoms with Gasteiger partial charge in [0.2, 0.25) is 0 Å². The zero-order chi connectivity index (χ0) is 14.7. The molecule has 0 amide bonds. The van der Waals surface area contributed by atoms with Gasteiger partial charge in [0.15, 0.2) is 0 Å². The van der Waals surface area contributed by atoms with Gasteiger partial charge in [-0.2, -0.15) is 0 Å². The normalized spacial score (nSPS) is 10.6. The number of benzene rings is 2. The average molecular weight is 335 g/mol. The number of hydrogen-bond donors (Lipinski definition) is 0. The van der Waals surface area contributed by atoms with Gasteiger partial charge >= 0.3 is 0 Å². The highest BCUT2D eigenvalue weighted by Gasteiger charge is 2.08. The van der Waals surface area contributed by atoms with Gasteiger partial charge in [0.25, 0.3) is 0 Å². The molecule has 2 rings (SSSR count). The lowest BCUT2D eigenvalue weighted by molar-refractivity contribution is -0.117. The van der Waals surface area contributed by atoms with Gasteiger partial charge in [0, 0.05) is 17.3 Å². The van der Waals surface area contributed by atoms with Crippen molar-refractivity contribution in [1.29, 1.82) is 0 Å². The van der Waals surface area contributed by atoms with Gasteiger partial charge in [0.05, 0.1) is 0 Å². The number of Topliss-reactive ketones (excluding diaryl/α,β-unsaturated/α-hetero) is 1. The minimum atomic E-state index is -0.326. The van der Waals surface area contributed by atoms with Gasteiger partial charge in [-0.1, -0.05) is 34.1 Å². The van der Waals surface area contributed by atoms with Crippen LogP contribution in [0.15, 0.2) is 40.9 Å². The quantitative estimate of drug-likeness (QED) is 0.801. The van der Waals surface area contributed by atoms with Gasteiger partial charge in [-0.3, -0.25) is 4.79 Å². The molecular weight excluding hydrogens is 319 g/mol. The summed E-state index contributed by atoms with van der Waals surface area (Å²) in [4.78, 5) is 12.1. The maximum atomic E-state index is 13.3. The Morgan fingerprint density at radius 2 is 1.70 bits per heavy atom. The van der Waals surface area contributed by atoms with Crippen LogP contribution in [-0.4, -0.2) is 5.78 Å². The van der Waals surface area contributed by atoms with Crippen LogP contribution in [0, 0.1) is 19.7 Å². The Morgan fingerprint density at radius 3 is 2.35 bits per heavy atom. The van der Waals surface area contributed by atoms with Crippen LogP contribution in [0.3, 0.4) is 0 Å². The summed E-state index contributed by atoms with van der Waals surface area (Å²) >= 11 is 3.24. The van der Waals surface area contributed by atoms with E-state index in [1.54, 1.807) is 6.07 Å². The predicted molar refractivity (Wildman–Crippen MR) is 82.4 cm³/mol. The zero-order valence-electron chi connectivity index (χ0n) is 11.5. The molecule has 2 aromatic rings. The number of ketones is 1. The summed E-state index contributed by atoms with van der Waals surface area (Å²) in [6.45, 7) is 4.08. The molecule has 0 unspecified atom stereocenters. The molecule has 104 valence electrons. The maximum Gasteiger partial charge on any atom is 0.141 e. The Morgan fingerprint density at radius 1 is 1.00 bits per heavy atom. The Labute approximate surface area is 127 Å².